The number of rotatable bonds is 8. The summed E-state index contributed by atoms with van der Waals surface area (Å²) in [6.45, 7) is 2.15. The smallest absolute Gasteiger partial charge is 0.356 e. The number of benzene rings is 2. The fraction of sp³-hybridized carbons (Fsp3) is 0.167. The van der Waals surface area contributed by atoms with E-state index in [4.69, 9.17) is 25.8 Å². The van der Waals surface area contributed by atoms with Crippen molar-refractivity contribution in [2.45, 2.75) is 13.5 Å². The number of aromatic nitrogens is 3. The molecule has 0 saturated heterocycles. The van der Waals surface area contributed by atoms with E-state index in [9.17, 15) is 9.18 Å². The van der Waals surface area contributed by atoms with E-state index in [1.807, 2.05) is 0 Å². The maximum absolute atomic E-state index is 14.3. The first-order chi connectivity index (χ1) is 16.5. The van der Waals surface area contributed by atoms with Crippen LogP contribution in [-0.2, 0) is 11.3 Å². The lowest BCUT2D eigenvalue weighted by atomic mass is 10.2. The number of esters is 1. The molecule has 34 heavy (non-hydrogen) atoms. The second-order valence-electron chi connectivity index (χ2n) is 7.05. The van der Waals surface area contributed by atoms with Crippen LogP contribution < -0.4 is 14.8 Å². The molecule has 0 aliphatic rings. The summed E-state index contributed by atoms with van der Waals surface area (Å²) in [5.74, 6) is 0.255. The zero-order chi connectivity index (χ0) is 24.1. The minimum atomic E-state index is -0.509. The number of hydrogen-bond acceptors (Lipinski definition) is 8. The molecule has 1 N–H and O–H groups in total. The van der Waals surface area contributed by atoms with E-state index in [1.165, 1.54) is 31.8 Å². The molecular weight excluding hydrogens is 463 g/mol. The van der Waals surface area contributed by atoms with Gasteiger partial charge in [-0.05, 0) is 48.9 Å². The largest absolute Gasteiger partial charge is 0.493 e. The van der Waals surface area contributed by atoms with Gasteiger partial charge in [-0.3, -0.25) is 0 Å². The van der Waals surface area contributed by atoms with E-state index in [-0.39, 0.29) is 24.6 Å². The number of halogens is 2. The monoisotopic (exact) mass is 482 g/mol. The molecule has 0 unspecified atom stereocenters. The van der Waals surface area contributed by atoms with Gasteiger partial charge >= 0.3 is 5.97 Å². The zero-order valence-electron chi connectivity index (χ0n) is 18.3. The van der Waals surface area contributed by atoms with E-state index >= 15 is 0 Å². The molecular formula is C24H20ClFN4O4. The van der Waals surface area contributed by atoms with Gasteiger partial charge in [-0.25, -0.2) is 24.1 Å². The third-order valence-electron chi connectivity index (χ3n) is 4.81. The number of carbonyl (C=O) groups excluding carboxylic acids is 1. The summed E-state index contributed by atoms with van der Waals surface area (Å²) in [5, 5.41) is 3.87. The molecule has 4 rings (SSSR count). The lowest BCUT2D eigenvalue weighted by Gasteiger charge is -2.14. The molecule has 0 amide bonds. The van der Waals surface area contributed by atoms with Crippen LogP contribution in [0.3, 0.4) is 0 Å². The Bertz CT molecular complexity index is 1350. The molecule has 0 bridgehead atoms. The minimum absolute atomic E-state index is 0.156. The Kier molecular flexibility index (Phi) is 7.03. The molecule has 0 fully saturated rings. The average Bonchev–Trinajstić information content (AvgIpc) is 2.84. The Morgan fingerprint density at radius 2 is 1.94 bits per heavy atom. The van der Waals surface area contributed by atoms with Gasteiger partial charge in [0, 0.05) is 22.7 Å². The molecule has 10 heteroatoms. The van der Waals surface area contributed by atoms with Crippen molar-refractivity contribution in [3.05, 3.63) is 77.1 Å². The number of hydrogen-bond donors (Lipinski definition) is 1. The van der Waals surface area contributed by atoms with Gasteiger partial charge in [0.05, 0.1) is 24.9 Å². The summed E-state index contributed by atoms with van der Waals surface area (Å²) in [6.07, 6.45) is 2.88. The van der Waals surface area contributed by atoms with Crippen LogP contribution in [0.2, 0.25) is 5.02 Å². The van der Waals surface area contributed by atoms with E-state index < -0.39 is 11.8 Å². The normalized spacial score (nSPS) is 10.7. The van der Waals surface area contributed by atoms with Crippen molar-refractivity contribution >= 4 is 40.0 Å². The second kappa shape index (κ2) is 10.3. The highest BCUT2D eigenvalue weighted by atomic mass is 35.5. The number of fused-ring (bicyclic) bond motifs is 1. The van der Waals surface area contributed by atoms with Crippen molar-refractivity contribution in [1.29, 1.82) is 0 Å². The Morgan fingerprint density at radius 3 is 2.71 bits per heavy atom. The van der Waals surface area contributed by atoms with Crippen LogP contribution in [0.15, 0.2) is 55.0 Å². The standard InChI is InChI=1S/C24H20ClFN4O4/c1-3-33-24(31)20-8-14(6-7-27-20)12-34-22-11-19-16(10-21(22)32-2)23(29-13-28-19)30-18-5-4-15(25)9-17(18)26/h4-11,13H,3,12H2,1-2H3,(H,28,29,30). The maximum Gasteiger partial charge on any atom is 0.356 e. The number of nitrogens with one attached hydrogen (secondary N) is 1. The zero-order valence-corrected chi connectivity index (χ0v) is 19.1. The van der Waals surface area contributed by atoms with Crippen molar-refractivity contribution in [3.63, 3.8) is 0 Å². The van der Waals surface area contributed by atoms with Gasteiger partial charge in [0.2, 0.25) is 0 Å². The van der Waals surface area contributed by atoms with Crippen molar-refractivity contribution < 1.29 is 23.4 Å². The summed E-state index contributed by atoms with van der Waals surface area (Å²) >= 11 is 5.83. The number of pyridine rings is 1. The van der Waals surface area contributed by atoms with E-state index in [1.54, 1.807) is 37.3 Å². The second-order valence-corrected chi connectivity index (χ2v) is 7.49. The molecule has 0 saturated carbocycles. The fourth-order valence-corrected chi connectivity index (χ4v) is 3.35. The minimum Gasteiger partial charge on any atom is -0.493 e. The Labute approximate surface area is 199 Å². The quantitative estimate of drug-likeness (QED) is 0.337. The average molecular weight is 483 g/mol. The third kappa shape index (κ3) is 5.15. The van der Waals surface area contributed by atoms with Crippen molar-refractivity contribution in [2.75, 3.05) is 19.0 Å². The summed E-state index contributed by atoms with van der Waals surface area (Å²) in [7, 11) is 1.51. The molecule has 0 aliphatic heterocycles. The highest BCUT2D eigenvalue weighted by molar-refractivity contribution is 6.30. The first-order valence-electron chi connectivity index (χ1n) is 10.3. The van der Waals surface area contributed by atoms with Crippen molar-refractivity contribution in [2.24, 2.45) is 0 Å². The molecule has 4 aromatic rings. The van der Waals surface area contributed by atoms with Gasteiger partial charge in [-0.15, -0.1) is 0 Å². The predicted molar refractivity (Wildman–Crippen MR) is 125 cm³/mol. The number of ether oxygens (including phenoxy) is 3. The Hall–Kier alpha value is -3.98. The predicted octanol–water partition coefficient (Wildman–Crippen LogP) is 5.33. The van der Waals surface area contributed by atoms with Crippen LogP contribution in [0.4, 0.5) is 15.9 Å². The van der Waals surface area contributed by atoms with E-state index in [2.05, 4.69) is 20.3 Å². The van der Waals surface area contributed by atoms with Crippen molar-refractivity contribution in [1.82, 2.24) is 15.0 Å². The molecule has 0 radical (unpaired) electrons. The van der Waals surface area contributed by atoms with Gasteiger partial charge in [0.25, 0.3) is 0 Å². The third-order valence-corrected chi connectivity index (χ3v) is 5.04. The SMILES string of the molecule is CCOC(=O)c1cc(COc2cc3ncnc(Nc4ccc(Cl)cc4F)c3cc2OC)ccn1. The lowest BCUT2D eigenvalue weighted by Crippen LogP contribution is -2.08. The summed E-state index contributed by atoms with van der Waals surface area (Å²) < 4.78 is 30.7. The van der Waals surface area contributed by atoms with Gasteiger partial charge in [0.15, 0.2) is 11.5 Å². The Balaban J connectivity index is 1.60. The topological polar surface area (TPSA) is 95.5 Å². The summed E-state index contributed by atoms with van der Waals surface area (Å²) in [5.41, 5.74) is 1.71. The molecule has 8 nitrogen and oxygen atoms in total. The van der Waals surface area contributed by atoms with Gasteiger partial charge in [0.1, 0.15) is 30.3 Å². The van der Waals surface area contributed by atoms with Gasteiger partial charge in [-0.2, -0.15) is 0 Å². The van der Waals surface area contributed by atoms with E-state index in [0.29, 0.717) is 33.2 Å². The van der Waals surface area contributed by atoms with Gasteiger partial charge in [-0.1, -0.05) is 11.6 Å². The number of carbonyl (C=O) groups is 1. The molecule has 0 spiro atoms. The fourth-order valence-electron chi connectivity index (χ4n) is 3.20. The van der Waals surface area contributed by atoms with Crippen LogP contribution in [0, 0.1) is 5.82 Å². The first kappa shape index (κ1) is 23.2. The maximum atomic E-state index is 14.3. The van der Waals surface area contributed by atoms with Gasteiger partial charge < -0.3 is 19.5 Å². The molecule has 0 atom stereocenters. The highest BCUT2D eigenvalue weighted by Gasteiger charge is 2.14. The molecule has 2 heterocycles. The van der Waals surface area contributed by atoms with Crippen molar-refractivity contribution in [3.8, 4) is 11.5 Å². The molecule has 174 valence electrons. The van der Waals surface area contributed by atoms with Crippen LogP contribution in [0.1, 0.15) is 23.0 Å². The Morgan fingerprint density at radius 1 is 1.09 bits per heavy atom. The number of methoxy groups -OCH3 is 1. The van der Waals surface area contributed by atoms with Crippen LogP contribution in [0.5, 0.6) is 11.5 Å². The summed E-state index contributed by atoms with van der Waals surface area (Å²) in [6, 6.07) is 11.1. The highest BCUT2D eigenvalue weighted by Crippen LogP contribution is 2.35. The molecule has 2 aromatic carbocycles. The first-order valence-corrected chi connectivity index (χ1v) is 10.7. The summed E-state index contributed by atoms with van der Waals surface area (Å²) in [4.78, 5) is 24.5. The van der Waals surface area contributed by atoms with Crippen LogP contribution in [0.25, 0.3) is 10.9 Å². The van der Waals surface area contributed by atoms with Crippen LogP contribution >= 0.6 is 11.6 Å². The molecule has 0 aliphatic carbocycles. The molecule has 2 aromatic heterocycles. The van der Waals surface area contributed by atoms with E-state index in [0.717, 1.165) is 5.56 Å². The lowest BCUT2D eigenvalue weighted by molar-refractivity contribution is 0.0519. The van der Waals surface area contributed by atoms with Crippen LogP contribution in [-0.4, -0.2) is 34.6 Å². The number of nitrogens with zero attached hydrogens (tertiary/aromatic N) is 3. The number of anilines is 2.